The summed E-state index contributed by atoms with van der Waals surface area (Å²) >= 11 is 0. The lowest BCUT2D eigenvalue weighted by Gasteiger charge is -2.33. The van der Waals surface area contributed by atoms with Gasteiger partial charge in [0.2, 0.25) is 0 Å². The highest BCUT2D eigenvalue weighted by molar-refractivity contribution is 6.01. The fourth-order valence-corrected chi connectivity index (χ4v) is 2.45. The summed E-state index contributed by atoms with van der Waals surface area (Å²) in [4.78, 5) is 30.0. The zero-order valence-electron chi connectivity index (χ0n) is 12.8. The Hall–Kier alpha value is -2.83. The van der Waals surface area contributed by atoms with Crippen molar-refractivity contribution in [2.24, 2.45) is 0 Å². The lowest BCUT2D eigenvalue weighted by atomic mass is 10.1. The number of nitrogens with zero attached hydrogens (tertiary/aromatic N) is 2. The van der Waals surface area contributed by atoms with Gasteiger partial charge in [-0.1, -0.05) is 12.1 Å². The van der Waals surface area contributed by atoms with E-state index in [0.29, 0.717) is 23.0 Å². The molecular formula is C16H16N2O5. The molecule has 1 aromatic heterocycles. The maximum atomic E-state index is 12.7. The Kier molecular flexibility index (Phi) is 4.01. The first-order valence-electron chi connectivity index (χ1n) is 7.13. The summed E-state index contributed by atoms with van der Waals surface area (Å²) in [6.07, 6.45) is 0.457. The van der Waals surface area contributed by atoms with Crippen molar-refractivity contribution >= 4 is 17.6 Å². The smallest absolute Gasteiger partial charge is 0.309 e. The fourth-order valence-electron chi connectivity index (χ4n) is 2.45. The lowest BCUT2D eigenvalue weighted by molar-refractivity contribution is -0.145. The van der Waals surface area contributed by atoms with E-state index in [4.69, 9.17) is 9.15 Å². The van der Waals surface area contributed by atoms with Crippen LogP contribution in [0.3, 0.4) is 0 Å². The first kappa shape index (κ1) is 15.1. The third kappa shape index (κ3) is 3.03. The number of para-hydroxylation sites is 2. The molecule has 23 heavy (non-hydrogen) atoms. The molecule has 1 aromatic carbocycles. The molecule has 0 saturated heterocycles. The zero-order valence-corrected chi connectivity index (χ0v) is 12.8. The summed E-state index contributed by atoms with van der Waals surface area (Å²) in [5.41, 5.74) is 1.27. The van der Waals surface area contributed by atoms with Crippen molar-refractivity contribution in [2.45, 2.75) is 26.0 Å². The number of methoxy groups -OCH3 is 1. The number of carbonyl (C=O) groups is 2. The van der Waals surface area contributed by atoms with Crippen LogP contribution in [0.15, 0.2) is 34.9 Å². The summed E-state index contributed by atoms with van der Waals surface area (Å²) in [5, 5.41) is 0. The molecule has 7 nitrogen and oxygen atoms in total. The van der Waals surface area contributed by atoms with Crippen LogP contribution in [-0.2, 0) is 20.9 Å². The minimum atomic E-state index is -0.912. The largest absolute Gasteiger partial charge is 0.478 e. The highest BCUT2D eigenvalue weighted by atomic mass is 16.5. The molecule has 7 heteroatoms. The Labute approximate surface area is 132 Å². The minimum Gasteiger partial charge on any atom is -0.478 e. The summed E-state index contributed by atoms with van der Waals surface area (Å²) in [5.74, 6) is 0.260. The Morgan fingerprint density at radius 3 is 2.87 bits per heavy atom. The maximum absolute atomic E-state index is 12.7. The van der Waals surface area contributed by atoms with Gasteiger partial charge in [0.1, 0.15) is 12.0 Å². The monoisotopic (exact) mass is 316 g/mol. The summed E-state index contributed by atoms with van der Waals surface area (Å²) in [7, 11) is 1.28. The quantitative estimate of drug-likeness (QED) is 0.801. The molecule has 0 saturated carbocycles. The molecule has 0 aliphatic carbocycles. The van der Waals surface area contributed by atoms with Gasteiger partial charge in [-0.05, 0) is 12.1 Å². The van der Waals surface area contributed by atoms with Gasteiger partial charge in [0.05, 0.1) is 31.5 Å². The minimum absolute atomic E-state index is 0.141. The number of anilines is 1. The second-order valence-electron chi connectivity index (χ2n) is 5.14. The standard InChI is InChI=1S/C16H16N2O5/c1-10-17-11(9-22-10)8-18-12-5-3-4-6-13(12)23-14(16(18)20)7-15(19)21-2/h3-6,9,14H,7-8H2,1-2H3/t14-/m1/s1. The number of hydrogen-bond donors (Lipinski definition) is 0. The van der Waals surface area contributed by atoms with Crippen LogP contribution in [0.25, 0.3) is 0 Å². The first-order valence-corrected chi connectivity index (χ1v) is 7.13. The number of aryl methyl sites for hydroxylation is 1. The van der Waals surface area contributed by atoms with E-state index in [0.717, 1.165) is 0 Å². The molecule has 0 bridgehead atoms. The molecule has 3 rings (SSSR count). The average Bonchev–Trinajstić information content (AvgIpc) is 2.96. The predicted molar refractivity (Wildman–Crippen MR) is 79.9 cm³/mol. The second-order valence-corrected chi connectivity index (χ2v) is 5.14. The van der Waals surface area contributed by atoms with Gasteiger partial charge in [0.25, 0.3) is 5.91 Å². The summed E-state index contributed by atoms with van der Waals surface area (Å²) in [6, 6.07) is 7.17. The van der Waals surface area contributed by atoms with Gasteiger partial charge in [-0.3, -0.25) is 14.5 Å². The normalized spacial score (nSPS) is 16.7. The number of aromatic nitrogens is 1. The first-order chi connectivity index (χ1) is 11.1. The molecule has 2 heterocycles. The molecule has 0 unspecified atom stereocenters. The fraction of sp³-hybridized carbons (Fsp3) is 0.312. The molecule has 1 aliphatic rings. The molecule has 1 atom stereocenters. The molecule has 0 fully saturated rings. The summed E-state index contributed by atoms with van der Waals surface area (Å²) in [6.45, 7) is 1.98. The van der Waals surface area contributed by atoms with E-state index >= 15 is 0 Å². The second kappa shape index (κ2) is 6.12. The lowest BCUT2D eigenvalue weighted by Crippen LogP contribution is -2.46. The Bertz CT molecular complexity index is 740. The molecule has 1 amide bonds. The van der Waals surface area contributed by atoms with Crippen molar-refractivity contribution in [3.63, 3.8) is 0 Å². The van der Waals surface area contributed by atoms with Gasteiger partial charge in [-0.25, -0.2) is 4.98 Å². The number of oxazole rings is 1. The number of ether oxygens (including phenoxy) is 2. The number of amides is 1. The van der Waals surface area contributed by atoms with E-state index in [1.807, 2.05) is 12.1 Å². The van der Waals surface area contributed by atoms with Crippen LogP contribution in [0.1, 0.15) is 18.0 Å². The number of fused-ring (bicyclic) bond motifs is 1. The van der Waals surface area contributed by atoms with Gasteiger partial charge >= 0.3 is 5.97 Å². The molecule has 120 valence electrons. The zero-order chi connectivity index (χ0) is 16.4. The van der Waals surface area contributed by atoms with Crippen LogP contribution in [0.4, 0.5) is 5.69 Å². The number of hydrogen-bond acceptors (Lipinski definition) is 6. The van der Waals surface area contributed by atoms with E-state index in [-0.39, 0.29) is 18.9 Å². The molecular weight excluding hydrogens is 300 g/mol. The molecule has 0 radical (unpaired) electrons. The van der Waals surface area contributed by atoms with E-state index in [1.54, 1.807) is 24.0 Å². The molecule has 0 N–H and O–H groups in total. The average molecular weight is 316 g/mol. The van der Waals surface area contributed by atoms with Crippen molar-refractivity contribution in [3.05, 3.63) is 42.1 Å². The van der Waals surface area contributed by atoms with Gasteiger partial charge in [-0.2, -0.15) is 0 Å². The van der Waals surface area contributed by atoms with E-state index in [1.165, 1.54) is 13.4 Å². The van der Waals surface area contributed by atoms with Crippen LogP contribution < -0.4 is 9.64 Å². The van der Waals surface area contributed by atoms with Crippen molar-refractivity contribution < 1.29 is 23.5 Å². The predicted octanol–water partition coefficient (Wildman–Crippen LogP) is 1.84. The third-order valence-electron chi connectivity index (χ3n) is 3.53. The third-order valence-corrected chi connectivity index (χ3v) is 3.53. The van der Waals surface area contributed by atoms with Crippen molar-refractivity contribution in [2.75, 3.05) is 12.0 Å². The van der Waals surface area contributed by atoms with E-state index in [9.17, 15) is 9.59 Å². The van der Waals surface area contributed by atoms with Crippen LogP contribution in [0, 0.1) is 6.92 Å². The number of rotatable bonds is 4. The van der Waals surface area contributed by atoms with Crippen LogP contribution >= 0.6 is 0 Å². The van der Waals surface area contributed by atoms with E-state index < -0.39 is 12.1 Å². The van der Waals surface area contributed by atoms with Gasteiger partial charge in [-0.15, -0.1) is 0 Å². The Morgan fingerprint density at radius 2 is 2.17 bits per heavy atom. The Morgan fingerprint density at radius 1 is 1.39 bits per heavy atom. The van der Waals surface area contributed by atoms with Gasteiger partial charge in [0.15, 0.2) is 12.0 Å². The highest BCUT2D eigenvalue weighted by Crippen LogP contribution is 2.35. The molecule has 2 aromatic rings. The van der Waals surface area contributed by atoms with Crippen molar-refractivity contribution in [1.82, 2.24) is 4.98 Å². The number of esters is 1. The van der Waals surface area contributed by atoms with Gasteiger partial charge in [0, 0.05) is 6.92 Å². The molecule has 0 spiro atoms. The Balaban J connectivity index is 1.91. The molecule has 1 aliphatic heterocycles. The van der Waals surface area contributed by atoms with Crippen LogP contribution in [-0.4, -0.2) is 30.1 Å². The summed E-state index contributed by atoms with van der Waals surface area (Å²) < 4.78 is 15.5. The maximum Gasteiger partial charge on any atom is 0.309 e. The van der Waals surface area contributed by atoms with Crippen molar-refractivity contribution in [1.29, 1.82) is 0 Å². The van der Waals surface area contributed by atoms with Gasteiger partial charge < -0.3 is 13.9 Å². The van der Waals surface area contributed by atoms with E-state index in [2.05, 4.69) is 9.72 Å². The topological polar surface area (TPSA) is 81.9 Å². The van der Waals surface area contributed by atoms with Crippen LogP contribution in [0.5, 0.6) is 5.75 Å². The number of carbonyl (C=O) groups excluding carboxylic acids is 2. The number of benzene rings is 1. The van der Waals surface area contributed by atoms with Crippen molar-refractivity contribution in [3.8, 4) is 5.75 Å². The van der Waals surface area contributed by atoms with Crippen LogP contribution in [0.2, 0.25) is 0 Å². The highest BCUT2D eigenvalue weighted by Gasteiger charge is 2.36. The SMILES string of the molecule is COC(=O)C[C@H]1Oc2ccccc2N(Cc2coc(C)n2)C1=O.